The monoisotopic (exact) mass is 468 g/mol. The van der Waals surface area contributed by atoms with E-state index in [1.54, 1.807) is 0 Å². The molecule has 0 spiro atoms. The predicted molar refractivity (Wildman–Crippen MR) is 87.3 cm³/mol. The fourth-order valence-corrected chi connectivity index (χ4v) is 3.44. The molecule has 0 aliphatic carbocycles. The van der Waals surface area contributed by atoms with Gasteiger partial charge in [0.05, 0.1) is 0 Å². The molecule has 27 heavy (non-hydrogen) atoms. The van der Waals surface area contributed by atoms with Crippen LogP contribution in [0, 0.1) is 6.10 Å². The van der Waals surface area contributed by atoms with Crippen molar-refractivity contribution in [1.29, 1.82) is 0 Å². The predicted octanol–water partition coefficient (Wildman–Crippen LogP) is -3.54. The van der Waals surface area contributed by atoms with Crippen molar-refractivity contribution in [2.24, 2.45) is 0 Å². The Hall–Kier alpha value is 0.756. The summed E-state index contributed by atoms with van der Waals surface area (Å²) in [4.78, 5) is 44.5. The van der Waals surface area contributed by atoms with E-state index in [9.17, 15) is 23.6 Å². The minimum atomic E-state index is -4.94. The van der Waals surface area contributed by atoms with Gasteiger partial charge in [0.1, 0.15) is 24.6 Å². The van der Waals surface area contributed by atoms with Crippen LogP contribution in [0.25, 0.3) is 0 Å². The first-order chi connectivity index (χ1) is 12.1. The molecule has 0 radical (unpaired) electrons. The third kappa shape index (κ3) is 7.50. The Kier molecular flexibility index (Phi) is 10.7. The second-order valence-corrected chi connectivity index (χ2v) is 7.87. The molecule has 1 aliphatic rings. The number of nitrogens with one attached hydrogen (secondary N) is 1. The van der Waals surface area contributed by atoms with E-state index in [0.29, 0.717) is 0 Å². The third-order valence-electron chi connectivity index (χ3n) is 3.37. The van der Waals surface area contributed by atoms with Crippen molar-refractivity contribution in [3.63, 3.8) is 0 Å². The van der Waals surface area contributed by atoms with E-state index in [1.165, 1.54) is 13.3 Å². The number of hydrogen-bond acceptors (Lipinski definition) is 9. The minimum Gasteiger partial charge on any atom is -0.756 e. The average Bonchev–Trinajstić information content (AvgIpc) is 2.83. The maximum atomic E-state index is 12.0. The Labute approximate surface area is 201 Å². The molecule has 2 heterocycles. The van der Waals surface area contributed by atoms with Crippen molar-refractivity contribution in [2.45, 2.75) is 24.9 Å². The van der Waals surface area contributed by atoms with E-state index in [-0.39, 0.29) is 63.9 Å². The molecule has 12 nitrogen and oxygen atoms in total. The second-order valence-electron chi connectivity index (χ2n) is 5.01. The molecule has 0 bridgehead atoms. The SMILES string of the molecule is CO[C@@H]1[C@H](O[P+](=O)S)[C-](CCOP(=O)([O-])O)O[C@H]1n1ccc(=O)[nH]c1=O.[K+]. The van der Waals surface area contributed by atoms with Crippen LogP contribution in [0.3, 0.4) is 0 Å². The standard InChI is InChI=1S/C11H16N2O10P2S.K/c1-20-9-8(23-24(16)26)6(3-5-21-25(17,18)19)22-10(9)13-4-2-7(14)12-11(13)15;/h2,4,8-10H,3,5H2,1H3,(H,16,26)(H,12,14,15)(H2,17,18,19);/q;+1/p-1/t8-,9-,10-;/m1./s1. The van der Waals surface area contributed by atoms with Gasteiger partial charge in [-0.25, -0.2) is 4.79 Å². The van der Waals surface area contributed by atoms with E-state index in [2.05, 4.69) is 21.8 Å². The molecule has 2 unspecified atom stereocenters. The van der Waals surface area contributed by atoms with Crippen molar-refractivity contribution >= 4 is 27.3 Å². The number of rotatable bonds is 8. The van der Waals surface area contributed by atoms with Gasteiger partial charge >= 0.3 is 64.3 Å². The van der Waals surface area contributed by atoms with E-state index in [0.717, 1.165) is 10.6 Å². The largest absolute Gasteiger partial charge is 1.00 e. The van der Waals surface area contributed by atoms with Crippen molar-refractivity contribution < 1.29 is 88.8 Å². The zero-order valence-corrected chi connectivity index (χ0v) is 20.0. The summed E-state index contributed by atoms with van der Waals surface area (Å²) in [5, 5.41) is 0. The summed E-state index contributed by atoms with van der Waals surface area (Å²) in [6.45, 7) is -0.487. The fourth-order valence-electron chi connectivity index (χ4n) is 2.38. The number of aromatic nitrogens is 2. The van der Waals surface area contributed by atoms with Crippen LogP contribution in [0.15, 0.2) is 21.9 Å². The van der Waals surface area contributed by atoms with Crippen LogP contribution in [0.2, 0.25) is 0 Å². The Balaban J connectivity index is 0.00000364. The summed E-state index contributed by atoms with van der Waals surface area (Å²) in [6.07, 6.45) is -2.07. The first kappa shape index (κ1) is 25.8. The van der Waals surface area contributed by atoms with Gasteiger partial charge in [0.25, 0.3) is 13.4 Å². The summed E-state index contributed by atoms with van der Waals surface area (Å²) in [5.74, 6) is 0. The second kappa shape index (κ2) is 11.2. The average molecular weight is 468 g/mol. The molecule has 0 saturated carbocycles. The molecular formula is C11H15KN2O10P2S. The Morgan fingerprint density at radius 2 is 2.22 bits per heavy atom. The van der Waals surface area contributed by atoms with Crippen LogP contribution in [0.5, 0.6) is 0 Å². The zero-order valence-electron chi connectivity index (χ0n) is 14.2. The molecule has 1 fully saturated rings. The van der Waals surface area contributed by atoms with Gasteiger partial charge < -0.3 is 23.8 Å². The van der Waals surface area contributed by atoms with Gasteiger partial charge in [0.2, 0.25) is 0 Å². The van der Waals surface area contributed by atoms with Gasteiger partial charge in [-0.1, -0.05) is 0 Å². The Morgan fingerprint density at radius 1 is 1.56 bits per heavy atom. The van der Waals surface area contributed by atoms with Crippen molar-refractivity contribution in [3.05, 3.63) is 39.2 Å². The number of nitrogens with zero attached hydrogens (tertiary/aromatic N) is 1. The summed E-state index contributed by atoms with van der Waals surface area (Å²) in [6, 6.07) is 1.09. The molecule has 2 rings (SSSR count). The number of phosphoric ester groups is 1. The molecule has 0 amide bonds. The molecule has 1 saturated heterocycles. The Bertz CT molecular complexity index is 813. The molecule has 2 N–H and O–H groups in total. The molecule has 1 aromatic heterocycles. The first-order valence-electron chi connectivity index (χ1n) is 7.00. The summed E-state index contributed by atoms with van der Waals surface area (Å²) in [5.41, 5.74) is -1.40. The van der Waals surface area contributed by atoms with Gasteiger partial charge in [-0.3, -0.25) is 18.9 Å². The van der Waals surface area contributed by atoms with Crippen LogP contribution in [-0.2, 0) is 27.7 Å². The number of methoxy groups -OCH3 is 1. The summed E-state index contributed by atoms with van der Waals surface area (Å²) < 4.78 is 43.3. The molecular weight excluding hydrogens is 453 g/mol. The van der Waals surface area contributed by atoms with Gasteiger partial charge in [0.15, 0.2) is 0 Å². The van der Waals surface area contributed by atoms with Crippen LogP contribution in [0.4, 0.5) is 0 Å². The quantitative estimate of drug-likeness (QED) is 0.150. The number of ether oxygens (including phenoxy) is 2. The fraction of sp³-hybridized carbons (Fsp3) is 0.545. The van der Waals surface area contributed by atoms with Gasteiger partial charge in [-0.15, -0.1) is 6.42 Å². The van der Waals surface area contributed by atoms with Crippen LogP contribution >= 0.6 is 27.3 Å². The molecule has 146 valence electrons. The molecule has 1 aliphatic heterocycles. The van der Waals surface area contributed by atoms with Crippen LogP contribution in [-0.4, -0.2) is 40.4 Å². The number of hydrogen-bond donors (Lipinski definition) is 3. The Morgan fingerprint density at radius 3 is 2.74 bits per heavy atom. The van der Waals surface area contributed by atoms with E-state index in [1.807, 2.05) is 0 Å². The minimum absolute atomic E-state index is 0. The third-order valence-corrected chi connectivity index (χ3v) is 4.57. The van der Waals surface area contributed by atoms with Crippen molar-refractivity contribution in [1.82, 2.24) is 9.55 Å². The maximum Gasteiger partial charge on any atom is 1.00 e. The van der Waals surface area contributed by atoms with Crippen LogP contribution in [0.1, 0.15) is 12.6 Å². The van der Waals surface area contributed by atoms with E-state index < -0.39 is 51.3 Å². The summed E-state index contributed by atoms with van der Waals surface area (Å²) in [7, 11) is -6.04. The molecule has 1 aromatic rings. The van der Waals surface area contributed by atoms with E-state index >= 15 is 0 Å². The van der Waals surface area contributed by atoms with Crippen LogP contribution < -0.4 is 67.5 Å². The van der Waals surface area contributed by atoms with E-state index in [4.69, 9.17) is 18.9 Å². The number of H-pyrrole nitrogens is 1. The van der Waals surface area contributed by atoms with Crippen molar-refractivity contribution in [3.8, 4) is 0 Å². The van der Waals surface area contributed by atoms with Gasteiger partial charge in [0, 0.05) is 32.1 Å². The number of thiol groups is 1. The first-order valence-corrected chi connectivity index (χ1v) is 10.8. The van der Waals surface area contributed by atoms with Crippen molar-refractivity contribution in [2.75, 3.05) is 13.7 Å². The number of aromatic amines is 1. The van der Waals surface area contributed by atoms with Gasteiger partial charge in [-0.2, -0.15) is 10.6 Å². The maximum absolute atomic E-state index is 12.0. The smallest absolute Gasteiger partial charge is 0.756 e. The molecule has 0 aromatic carbocycles. The normalized spacial score (nSPS) is 25.6. The van der Waals surface area contributed by atoms with Gasteiger partial charge in [-0.05, 0) is 4.57 Å². The topological polar surface area (TPSA) is 169 Å². The molecule has 16 heteroatoms. The number of phosphoric acid groups is 1. The zero-order chi connectivity index (χ0) is 19.5. The molecule has 5 atom stereocenters. The summed E-state index contributed by atoms with van der Waals surface area (Å²) >= 11 is 3.66.